The monoisotopic (exact) mass is 1200 g/mol. The van der Waals surface area contributed by atoms with E-state index in [0.717, 1.165) is 12.6 Å². The van der Waals surface area contributed by atoms with Crippen LogP contribution in [0.5, 0.6) is 0 Å². The number of hydrogen-bond acceptors (Lipinski definition) is 22. The van der Waals surface area contributed by atoms with Gasteiger partial charge in [-0.3, -0.25) is 47.9 Å². The van der Waals surface area contributed by atoms with Crippen LogP contribution in [-0.4, -0.2) is 244 Å². The molecule has 2 fully saturated rings. The van der Waals surface area contributed by atoms with Crippen LogP contribution in [0, 0.1) is 17.8 Å². The van der Waals surface area contributed by atoms with Gasteiger partial charge >= 0.3 is 1.43 Å². The second kappa shape index (κ2) is 45.1. The zero-order valence-electron chi connectivity index (χ0n) is 49.1. The van der Waals surface area contributed by atoms with Crippen LogP contribution in [0.1, 0.15) is 92.8 Å². The average Bonchev–Trinajstić information content (AvgIpc) is 4.15. The number of carbonyl (C=O) groups is 12. The molecule has 0 aliphatic carbocycles. The summed E-state index contributed by atoms with van der Waals surface area (Å²) in [5.41, 5.74) is 0. The van der Waals surface area contributed by atoms with Crippen LogP contribution in [0.25, 0.3) is 0 Å². The third-order valence-corrected chi connectivity index (χ3v) is 12.1. The molecule has 32 nitrogen and oxygen atoms in total. The summed E-state index contributed by atoms with van der Waals surface area (Å²) in [6.45, 7) is 3.05. The predicted molar refractivity (Wildman–Crippen MR) is 291 cm³/mol. The third-order valence-electron chi connectivity index (χ3n) is 12.1. The van der Waals surface area contributed by atoms with Crippen molar-refractivity contribution in [3.63, 3.8) is 0 Å². The molecule has 0 aromatic rings. The van der Waals surface area contributed by atoms with E-state index in [0.29, 0.717) is 38.5 Å². The fraction of sp³-hybridized carbons (Fsp3) is 0.765. The van der Waals surface area contributed by atoms with Crippen molar-refractivity contribution in [2.45, 2.75) is 147 Å². The van der Waals surface area contributed by atoms with Crippen LogP contribution >= 0.6 is 0 Å². The van der Waals surface area contributed by atoms with Crippen LogP contribution in [0.15, 0.2) is 0 Å². The minimum absolute atomic E-state index is 0. The summed E-state index contributed by atoms with van der Waals surface area (Å²) in [5, 5.41) is 78.9. The molecular formula is C51H91N10O22+. The zero-order chi connectivity index (χ0) is 62.9. The number of hydrogen-bond donors (Lipinski definition) is 16. The Morgan fingerprint density at radius 3 is 1.08 bits per heavy atom. The molecule has 12 atom stereocenters. The molecule has 0 bridgehead atoms. The Balaban J connectivity index is 0. The van der Waals surface area contributed by atoms with E-state index in [1.807, 2.05) is 0 Å². The van der Waals surface area contributed by atoms with Crippen LogP contribution in [0.3, 0.4) is 0 Å². The largest absolute Gasteiger partial charge is 1.00 e. The first-order valence-corrected chi connectivity index (χ1v) is 27.3. The van der Waals surface area contributed by atoms with Crippen LogP contribution < -0.4 is 53.2 Å². The minimum Gasteiger partial charge on any atom is -0.394 e. The highest BCUT2D eigenvalue weighted by Crippen LogP contribution is 2.21. The highest BCUT2D eigenvalue weighted by molar-refractivity contribution is 5.94. The normalized spacial score (nSPS) is 18.9. The number of rotatable bonds is 38. The van der Waals surface area contributed by atoms with Gasteiger partial charge in [-0.15, -0.1) is 0 Å². The molecule has 2 aliphatic rings. The Morgan fingerprint density at radius 1 is 0.470 bits per heavy atom. The number of aliphatic hydroxyl groups is 6. The maximum Gasteiger partial charge on any atom is 1.00 e. The summed E-state index contributed by atoms with van der Waals surface area (Å²) < 4.78 is 23.2. The van der Waals surface area contributed by atoms with Gasteiger partial charge in [0.05, 0.1) is 64.2 Å². The number of aldehydes is 2. The first-order chi connectivity index (χ1) is 39.4. The van der Waals surface area contributed by atoms with E-state index in [-0.39, 0.29) is 91.3 Å². The smallest absolute Gasteiger partial charge is 0.394 e. The molecule has 476 valence electrons. The van der Waals surface area contributed by atoms with Gasteiger partial charge in [0.2, 0.25) is 59.1 Å². The fourth-order valence-electron chi connectivity index (χ4n) is 7.03. The van der Waals surface area contributed by atoms with Gasteiger partial charge in [-0.25, -0.2) is 0 Å². The standard InChI is InChI=1S/C37H64N8O16.C9H18N2O4.C5H8O2/c1-20(34(54)40-12-22(48)16-46)8-30(52)44-26(10-28(50)38-3)36(56)42-14-24-18-58-32(60-24)6-5-7-33-59-19-25(61-33)15-43-37(57)27(11-29(51)39-4)45-31(53)9-21(2)35(55)41-13-23(49)17-47;1-6(3-8(14)10-2)9(15)11-4-7(13)5-12;6-4-2-1-3-5-7/h20-27,32-33,46-49H,5-19H2,1-4H3,(H,38,50)(H,39,51)(H,40,54)(H,41,55)(H,42,56)(H,43,57)(H,44,52)(H,45,53);6-7,12-13H,3-5H2,1-2H3,(H,10,14)(H,11,15);4-5H,1-3H2/p+1. The van der Waals surface area contributed by atoms with Crippen molar-refractivity contribution < 1.29 is 109 Å². The lowest BCUT2D eigenvalue weighted by Gasteiger charge is -2.20. The molecule has 0 aromatic heterocycles. The molecule has 0 saturated carbocycles. The Kier molecular flexibility index (Phi) is 41.7. The molecule has 83 heavy (non-hydrogen) atoms. The van der Waals surface area contributed by atoms with E-state index in [1.165, 1.54) is 35.0 Å². The fourth-order valence-corrected chi connectivity index (χ4v) is 7.03. The van der Waals surface area contributed by atoms with Crippen molar-refractivity contribution in [2.24, 2.45) is 17.8 Å². The lowest BCUT2D eigenvalue weighted by molar-refractivity contribution is -0.134. The van der Waals surface area contributed by atoms with E-state index < -0.39 is 140 Å². The number of nitrogens with one attached hydrogen (secondary N) is 10. The summed E-state index contributed by atoms with van der Waals surface area (Å²) >= 11 is 0. The number of unbranched alkanes of at least 4 members (excludes halogenated alkanes) is 2. The van der Waals surface area contributed by atoms with Crippen molar-refractivity contribution >= 4 is 71.6 Å². The quantitative estimate of drug-likeness (QED) is 0.0202. The van der Waals surface area contributed by atoms with Gasteiger partial charge < -0.3 is 112 Å². The summed E-state index contributed by atoms with van der Waals surface area (Å²) in [6.07, 6.45) is -1.84. The Hall–Kier alpha value is -6.36. The van der Waals surface area contributed by atoms with Gasteiger partial charge in [-0.2, -0.15) is 0 Å². The van der Waals surface area contributed by atoms with E-state index in [9.17, 15) is 67.7 Å². The highest BCUT2D eigenvalue weighted by Gasteiger charge is 2.33. The molecule has 2 rings (SSSR count). The van der Waals surface area contributed by atoms with Crippen molar-refractivity contribution in [3.05, 3.63) is 0 Å². The van der Waals surface area contributed by atoms with Crippen molar-refractivity contribution in [1.29, 1.82) is 0 Å². The Morgan fingerprint density at radius 2 is 0.783 bits per heavy atom. The molecule has 16 N–H and O–H groups in total. The van der Waals surface area contributed by atoms with E-state index in [1.54, 1.807) is 6.92 Å². The summed E-state index contributed by atoms with van der Waals surface area (Å²) in [4.78, 5) is 141. The molecule has 0 aromatic carbocycles. The first kappa shape index (κ1) is 76.6. The molecule has 0 radical (unpaired) electrons. The van der Waals surface area contributed by atoms with Crippen molar-refractivity contribution in [2.75, 3.05) is 86.9 Å². The lowest BCUT2D eigenvalue weighted by Crippen LogP contribution is -2.51. The van der Waals surface area contributed by atoms with Gasteiger partial charge in [-0.1, -0.05) is 20.8 Å². The molecule has 10 amide bonds. The molecular weight excluding hydrogens is 1100 g/mol. The van der Waals surface area contributed by atoms with Gasteiger partial charge in [0, 0.05) is 104 Å². The molecule has 32 heteroatoms. The molecule has 2 saturated heterocycles. The number of carbonyl (C=O) groups excluding carboxylic acids is 12. The highest BCUT2D eigenvalue weighted by atomic mass is 16.7. The van der Waals surface area contributed by atoms with Crippen LogP contribution in [0.4, 0.5) is 0 Å². The van der Waals surface area contributed by atoms with Crippen LogP contribution in [0.2, 0.25) is 0 Å². The second-order valence-corrected chi connectivity index (χ2v) is 19.5. The number of ether oxygens (including phenoxy) is 4. The molecule has 12 unspecified atom stereocenters. The van der Waals surface area contributed by atoms with Gasteiger partial charge in [-0.05, 0) is 25.7 Å². The first-order valence-electron chi connectivity index (χ1n) is 27.3. The van der Waals surface area contributed by atoms with Gasteiger partial charge in [0.25, 0.3) is 0 Å². The summed E-state index contributed by atoms with van der Waals surface area (Å²) in [6, 6.07) is -2.49. The van der Waals surface area contributed by atoms with E-state index in [2.05, 4.69) is 53.2 Å². The topological polar surface area (TPSA) is 483 Å². The number of amides is 10. The third kappa shape index (κ3) is 36.1. The maximum absolute atomic E-state index is 13.0. The predicted octanol–water partition coefficient (Wildman–Crippen LogP) is -7.00. The van der Waals surface area contributed by atoms with Crippen LogP contribution in [-0.2, 0) is 76.5 Å². The van der Waals surface area contributed by atoms with Crippen molar-refractivity contribution in [3.8, 4) is 0 Å². The molecule has 2 heterocycles. The average molecular weight is 1200 g/mol. The lowest BCUT2D eigenvalue weighted by atomic mass is 10.1. The second-order valence-electron chi connectivity index (χ2n) is 19.5. The SMILES string of the molecule is CNC(=O)CC(C)C(=O)NCC(O)CO.CNC(=O)CC(NC(=O)CC(C)C(=O)NCC(O)CO)C(=O)NCC1COC(CCCC2OCC(CNC(=O)C(CC(=O)NC)NC(=O)CC(C)C(=O)NCC(O)CO)O2)O1.O=CCCCC=O.[H+]. The maximum atomic E-state index is 13.0. The molecule has 2 aliphatic heterocycles. The van der Waals surface area contributed by atoms with Gasteiger partial charge in [0.15, 0.2) is 12.6 Å². The van der Waals surface area contributed by atoms with Crippen molar-refractivity contribution in [1.82, 2.24) is 53.2 Å². The number of aliphatic hydroxyl groups excluding tert-OH is 6. The van der Waals surface area contributed by atoms with E-state index >= 15 is 0 Å². The Bertz CT molecular complexity index is 1910. The van der Waals surface area contributed by atoms with Gasteiger partial charge in [0.1, 0.15) is 36.9 Å². The molecule has 0 spiro atoms. The zero-order valence-corrected chi connectivity index (χ0v) is 48.1. The Labute approximate surface area is 483 Å². The summed E-state index contributed by atoms with van der Waals surface area (Å²) in [7, 11) is 4.26. The summed E-state index contributed by atoms with van der Waals surface area (Å²) in [5.74, 6) is -7.32. The minimum atomic E-state index is -1.24. The van der Waals surface area contributed by atoms with E-state index in [4.69, 9.17) is 39.4 Å².